The zero-order valence-electron chi connectivity index (χ0n) is 38.6. The van der Waals surface area contributed by atoms with Gasteiger partial charge in [-0.05, 0) is 67.4 Å². The van der Waals surface area contributed by atoms with Crippen molar-refractivity contribution in [3.8, 4) is 17.0 Å². The number of methoxy groups -OCH3 is 1. The van der Waals surface area contributed by atoms with E-state index in [9.17, 15) is 4.79 Å². The quantitative estimate of drug-likeness (QED) is 0.0831. The highest BCUT2D eigenvalue weighted by molar-refractivity contribution is 9.10. The SMILES string of the molecule is C=C(CN(Cc1nc2c(F)c(Cl)ccc2[nH]1)c1nc(N2CCN(C)CC2)nc2c(Br)cnn12)C(=O)Nc1cc(Nc2nccc(-c3cn(C)c4ccccc34)n2)c(OC)cc1N(C)CCN(C)C. The summed E-state index contributed by atoms with van der Waals surface area (Å²) in [6.45, 7) is 8.78. The lowest BCUT2D eigenvalue weighted by atomic mass is 10.1. The van der Waals surface area contributed by atoms with Crippen LogP contribution in [-0.2, 0) is 18.4 Å². The maximum absolute atomic E-state index is 15.2. The normalized spacial score (nSPS) is 13.2. The number of imidazole rings is 1. The molecule has 0 unspecified atom stereocenters. The largest absolute Gasteiger partial charge is 0.494 e. The summed E-state index contributed by atoms with van der Waals surface area (Å²) in [4.78, 5) is 52.2. The number of amides is 1. The van der Waals surface area contributed by atoms with Gasteiger partial charge in [-0.25, -0.2) is 19.3 Å². The van der Waals surface area contributed by atoms with E-state index < -0.39 is 11.7 Å². The highest BCUT2D eigenvalue weighted by Crippen LogP contribution is 2.39. The Morgan fingerprint density at radius 3 is 2.57 bits per heavy atom. The van der Waals surface area contributed by atoms with E-state index in [1.54, 1.807) is 30.1 Å². The van der Waals surface area contributed by atoms with Crippen LogP contribution < -0.4 is 30.1 Å². The first-order valence-corrected chi connectivity index (χ1v) is 23.1. The minimum absolute atomic E-state index is 0.0419. The van der Waals surface area contributed by atoms with Gasteiger partial charge >= 0.3 is 0 Å². The molecule has 6 heterocycles. The fourth-order valence-electron chi connectivity index (χ4n) is 8.17. The van der Waals surface area contributed by atoms with Crippen LogP contribution in [0.2, 0.25) is 5.02 Å². The summed E-state index contributed by atoms with van der Waals surface area (Å²) in [6, 6.07) is 16.9. The number of hydrogen-bond acceptors (Lipinski definition) is 14. The minimum atomic E-state index is -0.636. The van der Waals surface area contributed by atoms with Gasteiger partial charge in [0.05, 0.1) is 64.2 Å². The third-order valence-corrected chi connectivity index (χ3v) is 12.8. The molecule has 0 saturated carbocycles. The number of anilines is 6. The number of carbonyl (C=O) groups excluding carboxylic acids is 1. The van der Waals surface area contributed by atoms with Crippen molar-refractivity contribution in [3.05, 3.63) is 106 Å². The van der Waals surface area contributed by atoms with Gasteiger partial charge in [0.25, 0.3) is 5.91 Å². The standard InChI is InChI=1S/C47H51BrClFN16O2/c1-28(25-65(27-40-53-34-13-12-32(49)41(50)42(34)57-40)47-59-46(64-20-17-61(4)18-21-64)58-43-31(48)24-52-66(43)47)44(67)54-35-22-36(39(68-7)23-38(35)62(5)19-16-60(2)3)56-45-51-15-14-33(55-45)30-26-63(6)37-11-9-8-10-29(30)37/h8-15,22-24,26H,1,16-21,25,27H2,2-7H3,(H,53,57)(H,54,67)(H,51,55,56). The molecule has 1 saturated heterocycles. The molecule has 0 bridgehead atoms. The Kier molecular flexibility index (Phi) is 13.2. The summed E-state index contributed by atoms with van der Waals surface area (Å²) in [6.07, 6.45) is 5.41. The Labute approximate surface area is 405 Å². The molecule has 68 heavy (non-hydrogen) atoms. The first-order valence-electron chi connectivity index (χ1n) is 21.9. The van der Waals surface area contributed by atoms with Crippen molar-refractivity contribution in [2.75, 3.05) is 106 Å². The molecule has 352 valence electrons. The molecule has 21 heteroatoms. The second-order valence-corrected chi connectivity index (χ2v) is 18.3. The lowest BCUT2D eigenvalue weighted by molar-refractivity contribution is -0.112. The van der Waals surface area contributed by atoms with E-state index in [-0.39, 0.29) is 29.2 Å². The number of fused-ring (bicyclic) bond motifs is 3. The van der Waals surface area contributed by atoms with Gasteiger partial charge in [0.2, 0.25) is 17.8 Å². The topological polar surface area (TPSA) is 169 Å². The third kappa shape index (κ3) is 9.49. The second kappa shape index (κ2) is 19.4. The molecule has 5 aromatic heterocycles. The van der Waals surface area contributed by atoms with Crippen LogP contribution in [0.3, 0.4) is 0 Å². The molecular weight excluding hydrogens is 955 g/mol. The molecule has 9 rings (SSSR count). The number of hydrogen-bond donors (Lipinski definition) is 3. The highest BCUT2D eigenvalue weighted by atomic mass is 79.9. The van der Waals surface area contributed by atoms with Crippen molar-refractivity contribution in [3.63, 3.8) is 0 Å². The van der Waals surface area contributed by atoms with Gasteiger partial charge in [-0.2, -0.15) is 19.6 Å². The van der Waals surface area contributed by atoms with Crippen LogP contribution in [0.4, 0.5) is 39.3 Å². The van der Waals surface area contributed by atoms with Gasteiger partial charge in [0.1, 0.15) is 17.1 Å². The number of aromatic nitrogens is 9. The number of aromatic amines is 1. The van der Waals surface area contributed by atoms with E-state index in [0.717, 1.165) is 41.8 Å². The monoisotopic (exact) mass is 1000 g/mol. The number of nitrogens with zero attached hydrogens (tertiary/aromatic N) is 13. The van der Waals surface area contributed by atoms with Gasteiger partial charge in [0.15, 0.2) is 11.5 Å². The van der Waals surface area contributed by atoms with Crippen molar-refractivity contribution >= 4 is 95.9 Å². The summed E-state index contributed by atoms with van der Waals surface area (Å²) >= 11 is 9.78. The summed E-state index contributed by atoms with van der Waals surface area (Å²) in [5.41, 5.74) is 5.78. The molecule has 0 aliphatic carbocycles. The number of carbonyl (C=O) groups is 1. The average Bonchev–Trinajstić information content (AvgIpc) is 4.03. The lowest BCUT2D eigenvalue weighted by Gasteiger charge is -2.33. The summed E-state index contributed by atoms with van der Waals surface area (Å²) in [5, 5.41) is 12.2. The maximum Gasteiger partial charge on any atom is 0.252 e. The summed E-state index contributed by atoms with van der Waals surface area (Å²) in [5.74, 6) is 1.02. The minimum Gasteiger partial charge on any atom is -0.494 e. The molecule has 1 aliphatic heterocycles. The Balaban J connectivity index is 1.06. The van der Waals surface area contributed by atoms with E-state index in [4.69, 9.17) is 31.3 Å². The molecule has 0 spiro atoms. The molecule has 0 atom stereocenters. The number of ether oxygens (including phenoxy) is 1. The van der Waals surface area contributed by atoms with Gasteiger partial charge in [-0.15, -0.1) is 0 Å². The molecular formula is C47H51BrClFN16O2. The molecule has 0 radical (unpaired) electrons. The lowest BCUT2D eigenvalue weighted by Crippen LogP contribution is -2.45. The van der Waals surface area contributed by atoms with Crippen LogP contribution in [0.5, 0.6) is 5.75 Å². The third-order valence-electron chi connectivity index (χ3n) is 11.9. The smallest absolute Gasteiger partial charge is 0.252 e. The number of para-hydroxylation sites is 1. The van der Waals surface area contributed by atoms with E-state index in [0.29, 0.717) is 81.8 Å². The first-order chi connectivity index (χ1) is 32.7. The van der Waals surface area contributed by atoms with Crippen LogP contribution in [-0.4, -0.2) is 141 Å². The van der Waals surface area contributed by atoms with Crippen molar-refractivity contribution in [2.24, 2.45) is 7.05 Å². The molecule has 3 N–H and O–H groups in total. The van der Waals surface area contributed by atoms with Crippen LogP contribution in [0.1, 0.15) is 5.82 Å². The number of aryl methyl sites for hydroxylation is 1. The summed E-state index contributed by atoms with van der Waals surface area (Å²) < 4.78 is 25.5. The number of benzene rings is 3. The Hall–Kier alpha value is -6.87. The van der Waals surface area contributed by atoms with Gasteiger partial charge in [-0.1, -0.05) is 36.4 Å². The number of nitrogens with one attached hydrogen (secondary N) is 3. The number of piperazine rings is 1. The van der Waals surface area contributed by atoms with Crippen LogP contribution in [0, 0.1) is 5.82 Å². The van der Waals surface area contributed by atoms with Crippen molar-refractivity contribution in [1.82, 2.24) is 53.9 Å². The highest BCUT2D eigenvalue weighted by Gasteiger charge is 2.27. The fraction of sp³-hybridized carbons (Fsp3) is 0.298. The predicted octanol–water partition coefficient (Wildman–Crippen LogP) is 7.21. The average molecular weight is 1010 g/mol. The predicted molar refractivity (Wildman–Crippen MR) is 270 cm³/mol. The van der Waals surface area contributed by atoms with Crippen LogP contribution in [0.15, 0.2) is 89.8 Å². The van der Waals surface area contributed by atoms with Gasteiger partial charge < -0.3 is 49.4 Å². The molecule has 18 nitrogen and oxygen atoms in total. The second-order valence-electron chi connectivity index (χ2n) is 17.1. The molecule has 1 amide bonds. The van der Waals surface area contributed by atoms with E-state index in [2.05, 4.69) is 103 Å². The van der Waals surface area contributed by atoms with Crippen LogP contribution >= 0.6 is 27.5 Å². The van der Waals surface area contributed by atoms with Crippen molar-refractivity contribution in [2.45, 2.75) is 6.54 Å². The fourth-order valence-corrected chi connectivity index (χ4v) is 8.67. The summed E-state index contributed by atoms with van der Waals surface area (Å²) in [7, 11) is 11.6. The molecule has 1 fully saturated rings. The zero-order valence-corrected chi connectivity index (χ0v) is 40.9. The molecule has 8 aromatic rings. The number of likely N-dealkylation sites (N-methyl/N-ethyl adjacent to an activating group) is 3. The first kappa shape index (κ1) is 46.2. The Morgan fingerprint density at radius 2 is 1.79 bits per heavy atom. The van der Waals surface area contributed by atoms with Crippen molar-refractivity contribution < 1.29 is 13.9 Å². The number of H-pyrrole nitrogens is 1. The molecule has 1 aliphatic rings. The maximum atomic E-state index is 15.2. The Morgan fingerprint density at radius 1 is 1.00 bits per heavy atom. The van der Waals surface area contributed by atoms with Gasteiger partial charge in [0, 0.05) is 93.9 Å². The van der Waals surface area contributed by atoms with Crippen molar-refractivity contribution in [1.29, 1.82) is 0 Å². The van der Waals surface area contributed by atoms with E-state index in [1.165, 1.54) is 6.07 Å². The molecule has 3 aromatic carbocycles. The number of rotatable bonds is 16. The number of halogens is 3. The zero-order chi connectivity index (χ0) is 47.8. The van der Waals surface area contributed by atoms with Gasteiger partial charge in [-0.3, -0.25) is 4.79 Å². The Bertz CT molecular complexity index is 3180. The van der Waals surface area contributed by atoms with E-state index in [1.807, 2.05) is 63.4 Å². The van der Waals surface area contributed by atoms with Crippen LogP contribution in [0.25, 0.3) is 38.8 Å². The van der Waals surface area contributed by atoms with E-state index >= 15 is 4.39 Å².